The van der Waals surface area contributed by atoms with Crippen molar-refractivity contribution in [2.24, 2.45) is 0 Å². The van der Waals surface area contributed by atoms with E-state index in [0.29, 0.717) is 5.13 Å². The van der Waals surface area contributed by atoms with E-state index in [9.17, 15) is 9.18 Å². The van der Waals surface area contributed by atoms with Gasteiger partial charge >= 0.3 is 5.97 Å². The smallest absolute Gasteiger partial charge is 0.305 e. The van der Waals surface area contributed by atoms with E-state index in [4.69, 9.17) is 10.1 Å². The van der Waals surface area contributed by atoms with Gasteiger partial charge in [0, 0.05) is 29.6 Å². The first kappa shape index (κ1) is 20.6. The van der Waals surface area contributed by atoms with Crippen LogP contribution < -0.4 is 5.32 Å². The molecule has 4 rings (SSSR count). The Bertz CT molecular complexity index is 1180. The average molecular weight is 434 g/mol. The lowest BCUT2D eigenvalue weighted by Gasteiger charge is -2.09. The Morgan fingerprint density at radius 3 is 2.19 bits per heavy atom. The van der Waals surface area contributed by atoms with E-state index in [2.05, 4.69) is 15.3 Å². The fourth-order valence-electron chi connectivity index (χ4n) is 3.18. The SMILES string of the molecule is CC(CC(=O)O)Nc1nc(-c2ccc(-c3ccc(F)cc3)cc2)c(-c2cncnc2)s1. The summed E-state index contributed by atoms with van der Waals surface area (Å²) in [7, 11) is 0. The van der Waals surface area contributed by atoms with Crippen LogP contribution in [0.2, 0.25) is 0 Å². The molecular weight excluding hydrogens is 415 g/mol. The van der Waals surface area contributed by atoms with Crippen LogP contribution in [-0.2, 0) is 4.79 Å². The predicted octanol–water partition coefficient (Wildman–Crippen LogP) is 5.35. The molecule has 2 aromatic carbocycles. The van der Waals surface area contributed by atoms with Crippen LogP contribution in [0.4, 0.5) is 9.52 Å². The van der Waals surface area contributed by atoms with Gasteiger partial charge in [-0.2, -0.15) is 0 Å². The minimum atomic E-state index is -0.871. The van der Waals surface area contributed by atoms with Crippen molar-refractivity contribution in [2.75, 3.05) is 5.32 Å². The summed E-state index contributed by atoms with van der Waals surface area (Å²) in [5.41, 5.74) is 4.39. The Hall–Kier alpha value is -3.65. The van der Waals surface area contributed by atoms with E-state index >= 15 is 0 Å². The number of carboxylic acid groups (broad SMARTS) is 1. The van der Waals surface area contributed by atoms with Gasteiger partial charge in [-0.3, -0.25) is 4.79 Å². The van der Waals surface area contributed by atoms with E-state index in [1.807, 2.05) is 24.3 Å². The third-order valence-electron chi connectivity index (χ3n) is 4.64. The molecule has 0 aliphatic rings. The number of hydrogen-bond donors (Lipinski definition) is 2. The number of aromatic nitrogens is 3. The Balaban J connectivity index is 1.69. The molecule has 0 saturated heterocycles. The van der Waals surface area contributed by atoms with Gasteiger partial charge in [0.1, 0.15) is 12.1 Å². The quantitative estimate of drug-likeness (QED) is 0.408. The second-order valence-corrected chi connectivity index (χ2v) is 8.05. The molecule has 4 aromatic rings. The zero-order valence-corrected chi connectivity index (χ0v) is 17.4. The molecule has 0 spiro atoms. The van der Waals surface area contributed by atoms with Crippen molar-refractivity contribution in [3.8, 4) is 32.8 Å². The lowest BCUT2D eigenvalue weighted by atomic mass is 10.0. The molecule has 0 radical (unpaired) electrons. The molecule has 6 nitrogen and oxygen atoms in total. The van der Waals surface area contributed by atoms with Crippen LogP contribution in [0.5, 0.6) is 0 Å². The van der Waals surface area contributed by atoms with Crippen molar-refractivity contribution in [1.82, 2.24) is 15.0 Å². The van der Waals surface area contributed by atoms with Gasteiger partial charge in [0.05, 0.1) is 17.0 Å². The van der Waals surface area contributed by atoms with Crippen LogP contribution in [0.25, 0.3) is 32.8 Å². The number of halogens is 1. The molecule has 0 aliphatic carbocycles. The number of thiazole rings is 1. The first-order chi connectivity index (χ1) is 15.0. The van der Waals surface area contributed by atoms with E-state index < -0.39 is 5.97 Å². The second-order valence-electron chi connectivity index (χ2n) is 7.05. The highest BCUT2D eigenvalue weighted by atomic mass is 32.1. The number of carbonyl (C=O) groups is 1. The zero-order chi connectivity index (χ0) is 21.8. The minimum absolute atomic E-state index is 0.00887. The predicted molar refractivity (Wildman–Crippen MR) is 119 cm³/mol. The molecule has 0 saturated carbocycles. The summed E-state index contributed by atoms with van der Waals surface area (Å²) in [4.78, 5) is 24.8. The van der Waals surface area contributed by atoms with Crippen LogP contribution in [0.3, 0.4) is 0 Å². The topological polar surface area (TPSA) is 88.0 Å². The highest BCUT2D eigenvalue weighted by molar-refractivity contribution is 7.19. The van der Waals surface area contributed by atoms with Crippen molar-refractivity contribution in [1.29, 1.82) is 0 Å². The van der Waals surface area contributed by atoms with Crippen LogP contribution in [0, 0.1) is 5.82 Å². The molecule has 31 heavy (non-hydrogen) atoms. The third kappa shape index (κ3) is 4.92. The lowest BCUT2D eigenvalue weighted by molar-refractivity contribution is -0.137. The standard InChI is InChI=1S/C23H19FN4O2S/c1-14(10-20(29)30)27-23-28-21(22(31-23)18-11-25-13-26-12-18)17-4-2-15(3-5-17)16-6-8-19(24)9-7-16/h2-9,11-14H,10H2,1H3,(H,27,28)(H,29,30). The summed E-state index contributed by atoms with van der Waals surface area (Å²) in [5.74, 6) is -1.14. The maximum Gasteiger partial charge on any atom is 0.305 e. The summed E-state index contributed by atoms with van der Waals surface area (Å²) in [6, 6.07) is 14.0. The summed E-state index contributed by atoms with van der Waals surface area (Å²) in [6.45, 7) is 1.80. The molecule has 156 valence electrons. The van der Waals surface area contributed by atoms with Gasteiger partial charge < -0.3 is 10.4 Å². The van der Waals surface area contributed by atoms with E-state index in [1.165, 1.54) is 29.8 Å². The van der Waals surface area contributed by atoms with E-state index in [-0.39, 0.29) is 18.3 Å². The van der Waals surface area contributed by atoms with Crippen molar-refractivity contribution in [3.05, 3.63) is 73.1 Å². The molecule has 2 N–H and O–H groups in total. The third-order valence-corrected chi connectivity index (χ3v) is 5.67. The van der Waals surface area contributed by atoms with Crippen LogP contribution >= 0.6 is 11.3 Å². The number of aliphatic carboxylic acids is 1. The highest BCUT2D eigenvalue weighted by Crippen LogP contribution is 2.39. The maximum absolute atomic E-state index is 13.2. The van der Waals surface area contributed by atoms with Crippen molar-refractivity contribution in [3.63, 3.8) is 0 Å². The number of anilines is 1. The molecule has 1 atom stereocenters. The van der Waals surface area contributed by atoms with Crippen molar-refractivity contribution >= 4 is 22.4 Å². The number of nitrogens with one attached hydrogen (secondary N) is 1. The van der Waals surface area contributed by atoms with Crippen LogP contribution in [0.15, 0.2) is 67.3 Å². The summed E-state index contributed by atoms with van der Waals surface area (Å²) in [6.07, 6.45) is 4.91. The van der Waals surface area contributed by atoms with E-state index in [0.717, 1.165) is 32.8 Å². The van der Waals surface area contributed by atoms with Gasteiger partial charge in [-0.25, -0.2) is 19.3 Å². The van der Waals surface area contributed by atoms with Crippen LogP contribution in [0.1, 0.15) is 13.3 Å². The summed E-state index contributed by atoms with van der Waals surface area (Å²) < 4.78 is 13.2. The normalized spacial score (nSPS) is 11.8. The largest absolute Gasteiger partial charge is 0.481 e. The molecule has 0 amide bonds. The molecule has 0 fully saturated rings. The first-order valence-electron chi connectivity index (χ1n) is 9.60. The molecule has 1 unspecified atom stereocenters. The number of carboxylic acids is 1. The van der Waals surface area contributed by atoms with Crippen LogP contribution in [-0.4, -0.2) is 32.1 Å². The van der Waals surface area contributed by atoms with Gasteiger partial charge in [0.25, 0.3) is 0 Å². The number of benzene rings is 2. The lowest BCUT2D eigenvalue weighted by Crippen LogP contribution is -2.19. The van der Waals surface area contributed by atoms with E-state index in [1.54, 1.807) is 31.5 Å². The number of hydrogen-bond acceptors (Lipinski definition) is 6. The maximum atomic E-state index is 13.2. The monoisotopic (exact) mass is 434 g/mol. The van der Waals surface area contributed by atoms with Crippen molar-refractivity contribution < 1.29 is 14.3 Å². The van der Waals surface area contributed by atoms with Gasteiger partial charge in [-0.15, -0.1) is 0 Å². The Morgan fingerprint density at radius 1 is 1.00 bits per heavy atom. The number of nitrogens with zero attached hydrogens (tertiary/aromatic N) is 3. The Labute approximate surface area is 182 Å². The Kier molecular flexibility index (Phi) is 5.99. The van der Waals surface area contributed by atoms with Gasteiger partial charge in [-0.1, -0.05) is 47.7 Å². The Morgan fingerprint density at radius 2 is 1.58 bits per heavy atom. The molecule has 0 bridgehead atoms. The second kappa shape index (κ2) is 9.01. The van der Waals surface area contributed by atoms with Gasteiger partial charge in [0.2, 0.25) is 0 Å². The molecule has 2 aromatic heterocycles. The average Bonchev–Trinajstić information content (AvgIpc) is 3.18. The fourth-order valence-corrected chi connectivity index (χ4v) is 4.25. The van der Waals surface area contributed by atoms with Crippen molar-refractivity contribution in [2.45, 2.75) is 19.4 Å². The minimum Gasteiger partial charge on any atom is -0.481 e. The van der Waals surface area contributed by atoms with Gasteiger partial charge in [-0.05, 0) is 30.2 Å². The number of rotatable bonds is 7. The molecule has 8 heteroatoms. The molecule has 0 aliphatic heterocycles. The highest BCUT2D eigenvalue weighted by Gasteiger charge is 2.17. The molecular formula is C23H19FN4O2S. The molecule has 2 heterocycles. The summed E-state index contributed by atoms with van der Waals surface area (Å²) >= 11 is 1.43. The zero-order valence-electron chi connectivity index (χ0n) is 16.6. The summed E-state index contributed by atoms with van der Waals surface area (Å²) in [5, 5.41) is 12.8. The van der Waals surface area contributed by atoms with Gasteiger partial charge in [0.15, 0.2) is 5.13 Å². The first-order valence-corrected chi connectivity index (χ1v) is 10.4. The fraction of sp³-hybridized carbons (Fsp3) is 0.130.